The maximum atomic E-state index is 11.6. The van der Waals surface area contributed by atoms with Crippen LogP contribution in [0.1, 0.15) is 26.7 Å². The number of carboxylic acids is 1. The van der Waals surface area contributed by atoms with Gasteiger partial charge in [0.05, 0.1) is 6.61 Å². The summed E-state index contributed by atoms with van der Waals surface area (Å²) in [5.41, 5.74) is 0. The lowest BCUT2D eigenvalue weighted by Crippen LogP contribution is -2.47. The molecule has 2 unspecified atom stereocenters. The van der Waals surface area contributed by atoms with E-state index in [0.29, 0.717) is 6.61 Å². The minimum Gasteiger partial charge on any atom is -0.480 e. The molecule has 6 heteroatoms. The molecule has 0 rings (SSSR count). The second kappa shape index (κ2) is 8.95. The lowest BCUT2D eigenvalue weighted by atomic mass is 10.3. The van der Waals surface area contributed by atoms with Crippen molar-refractivity contribution in [3.63, 3.8) is 0 Å². The van der Waals surface area contributed by atoms with Crippen molar-refractivity contribution in [3.8, 4) is 0 Å². The maximum Gasteiger partial charge on any atom is 0.328 e. The van der Waals surface area contributed by atoms with Crippen LogP contribution in [0.15, 0.2) is 0 Å². The van der Waals surface area contributed by atoms with Crippen molar-refractivity contribution in [2.24, 2.45) is 0 Å². The van der Waals surface area contributed by atoms with E-state index in [1.807, 2.05) is 6.92 Å². The molecule has 0 fully saturated rings. The van der Waals surface area contributed by atoms with Crippen LogP contribution in [-0.2, 0) is 19.1 Å². The van der Waals surface area contributed by atoms with Gasteiger partial charge in [-0.25, -0.2) is 4.79 Å². The van der Waals surface area contributed by atoms with Crippen LogP contribution >= 0.6 is 0 Å². The van der Waals surface area contributed by atoms with Crippen molar-refractivity contribution in [1.29, 1.82) is 0 Å². The molecule has 0 aromatic heterocycles. The number of carbonyl (C=O) groups excluding carboxylic acids is 1. The Hall–Kier alpha value is -1.14. The van der Waals surface area contributed by atoms with E-state index < -0.39 is 24.0 Å². The Bertz CT molecular complexity index is 244. The van der Waals surface area contributed by atoms with Crippen molar-refractivity contribution >= 4 is 11.9 Å². The first kappa shape index (κ1) is 15.9. The maximum absolute atomic E-state index is 11.6. The van der Waals surface area contributed by atoms with E-state index in [2.05, 4.69) is 5.32 Å². The highest BCUT2D eigenvalue weighted by Crippen LogP contribution is 1.96. The largest absolute Gasteiger partial charge is 0.480 e. The molecule has 0 spiro atoms. The fourth-order valence-corrected chi connectivity index (χ4v) is 1.11. The Morgan fingerprint density at radius 3 is 2.53 bits per heavy atom. The van der Waals surface area contributed by atoms with Crippen molar-refractivity contribution in [1.82, 2.24) is 5.32 Å². The summed E-state index contributed by atoms with van der Waals surface area (Å²) in [6.07, 6.45) is 1.20. The second-order valence-electron chi connectivity index (χ2n) is 3.72. The monoisotopic (exact) mass is 247 g/mol. The lowest BCUT2D eigenvalue weighted by Gasteiger charge is -2.17. The van der Waals surface area contributed by atoms with Crippen molar-refractivity contribution in [2.45, 2.75) is 38.8 Å². The summed E-state index contributed by atoms with van der Waals surface area (Å²) in [7, 11) is 1.38. The van der Waals surface area contributed by atoms with Crippen LogP contribution in [0, 0.1) is 0 Å². The van der Waals surface area contributed by atoms with Crippen molar-refractivity contribution in [2.75, 3.05) is 20.3 Å². The Kier molecular flexibility index (Phi) is 8.35. The number of hydrogen-bond acceptors (Lipinski definition) is 4. The van der Waals surface area contributed by atoms with Crippen LogP contribution in [0.25, 0.3) is 0 Å². The number of nitrogens with one attached hydrogen (secondary N) is 1. The number of methoxy groups -OCH3 is 1. The highest BCUT2D eigenvalue weighted by atomic mass is 16.5. The van der Waals surface area contributed by atoms with Gasteiger partial charge >= 0.3 is 5.97 Å². The molecule has 100 valence electrons. The molecule has 0 aliphatic carbocycles. The number of carboxylic acid groups (broad SMARTS) is 1. The average Bonchev–Trinajstić information content (AvgIpc) is 2.28. The minimum atomic E-state index is -1.12. The molecular weight excluding hydrogens is 226 g/mol. The van der Waals surface area contributed by atoms with Crippen molar-refractivity contribution < 1.29 is 24.2 Å². The third-order valence-electron chi connectivity index (χ3n) is 2.18. The van der Waals surface area contributed by atoms with Gasteiger partial charge in [0.1, 0.15) is 6.10 Å². The molecule has 6 nitrogen and oxygen atoms in total. The summed E-state index contributed by atoms with van der Waals surface area (Å²) in [5, 5.41) is 11.2. The standard InChI is InChI=1S/C11H21NO5/c1-4-5-6-17-8(2)10(13)12-9(7-16-3)11(14)15/h8-9H,4-7H2,1-3H3,(H,12,13)(H,14,15). The van der Waals surface area contributed by atoms with Crippen LogP contribution in [0.3, 0.4) is 0 Å². The molecule has 0 bridgehead atoms. The first-order valence-electron chi connectivity index (χ1n) is 5.66. The van der Waals surface area contributed by atoms with E-state index in [1.165, 1.54) is 7.11 Å². The molecule has 0 saturated carbocycles. The molecule has 0 heterocycles. The van der Waals surface area contributed by atoms with E-state index >= 15 is 0 Å². The molecule has 0 aliphatic heterocycles. The number of amides is 1. The zero-order valence-corrected chi connectivity index (χ0v) is 10.6. The van der Waals surface area contributed by atoms with Gasteiger partial charge in [0, 0.05) is 13.7 Å². The summed E-state index contributed by atoms with van der Waals surface area (Å²) in [5.74, 6) is -1.56. The van der Waals surface area contributed by atoms with Gasteiger partial charge < -0.3 is 19.9 Å². The third kappa shape index (κ3) is 6.91. The Balaban J connectivity index is 4.06. The number of unbranched alkanes of at least 4 members (excludes halogenated alkanes) is 1. The van der Waals surface area contributed by atoms with Crippen LogP contribution in [0.2, 0.25) is 0 Å². The molecule has 1 amide bonds. The number of ether oxygens (including phenoxy) is 2. The Morgan fingerprint density at radius 1 is 1.41 bits per heavy atom. The predicted molar refractivity (Wildman–Crippen MR) is 61.8 cm³/mol. The fourth-order valence-electron chi connectivity index (χ4n) is 1.11. The van der Waals surface area contributed by atoms with E-state index in [1.54, 1.807) is 6.92 Å². The predicted octanol–water partition coefficient (Wildman–Crippen LogP) is 0.407. The number of carbonyl (C=O) groups is 2. The van der Waals surface area contributed by atoms with Gasteiger partial charge in [0.15, 0.2) is 6.04 Å². The SMILES string of the molecule is CCCCOC(C)C(=O)NC(COC)C(=O)O. The highest BCUT2D eigenvalue weighted by Gasteiger charge is 2.22. The summed E-state index contributed by atoms with van der Waals surface area (Å²) in [6.45, 7) is 4.04. The van der Waals surface area contributed by atoms with E-state index in [0.717, 1.165) is 12.8 Å². The molecule has 0 aromatic carbocycles. The van der Waals surface area contributed by atoms with Gasteiger partial charge in [-0.05, 0) is 13.3 Å². The van der Waals surface area contributed by atoms with Gasteiger partial charge in [0.2, 0.25) is 5.91 Å². The first-order valence-corrected chi connectivity index (χ1v) is 5.66. The van der Waals surface area contributed by atoms with Gasteiger partial charge in [0.25, 0.3) is 0 Å². The number of hydrogen-bond donors (Lipinski definition) is 2. The summed E-state index contributed by atoms with van der Waals surface area (Å²) < 4.78 is 9.97. The van der Waals surface area contributed by atoms with Crippen LogP contribution < -0.4 is 5.32 Å². The summed E-state index contributed by atoms with van der Waals surface area (Å²) in [4.78, 5) is 22.3. The zero-order chi connectivity index (χ0) is 13.3. The molecule has 0 aromatic rings. The molecule has 0 saturated heterocycles. The van der Waals surface area contributed by atoms with E-state index in [9.17, 15) is 9.59 Å². The van der Waals surface area contributed by atoms with Crippen molar-refractivity contribution in [3.05, 3.63) is 0 Å². The van der Waals surface area contributed by atoms with Crippen LogP contribution in [0.5, 0.6) is 0 Å². The van der Waals surface area contributed by atoms with Crippen LogP contribution in [-0.4, -0.2) is 49.5 Å². The summed E-state index contributed by atoms with van der Waals surface area (Å²) in [6, 6.07) is -1.04. The topological polar surface area (TPSA) is 84.9 Å². The quantitative estimate of drug-likeness (QED) is 0.576. The molecule has 2 atom stereocenters. The van der Waals surface area contributed by atoms with Crippen LogP contribution in [0.4, 0.5) is 0 Å². The molecular formula is C11H21NO5. The minimum absolute atomic E-state index is 0.0667. The lowest BCUT2D eigenvalue weighted by molar-refractivity contribution is -0.145. The normalized spacial score (nSPS) is 14.1. The van der Waals surface area contributed by atoms with E-state index in [-0.39, 0.29) is 6.61 Å². The molecule has 2 N–H and O–H groups in total. The Labute approximate surface area is 101 Å². The Morgan fingerprint density at radius 2 is 2.06 bits per heavy atom. The number of aliphatic carboxylic acids is 1. The molecule has 0 aliphatic rings. The smallest absolute Gasteiger partial charge is 0.328 e. The third-order valence-corrected chi connectivity index (χ3v) is 2.18. The summed E-state index contributed by atoms with van der Waals surface area (Å²) >= 11 is 0. The number of rotatable bonds is 9. The second-order valence-corrected chi connectivity index (χ2v) is 3.72. The highest BCUT2D eigenvalue weighted by molar-refractivity contribution is 5.86. The van der Waals surface area contributed by atoms with Gasteiger partial charge in [-0.3, -0.25) is 4.79 Å². The van der Waals surface area contributed by atoms with Gasteiger partial charge in [-0.1, -0.05) is 13.3 Å². The van der Waals surface area contributed by atoms with E-state index in [4.69, 9.17) is 14.6 Å². The zero-order valence-electron chi connectivity index (χ0n) is 10.6. The first-order chi connectivity index (χ1) is 8.02. The van der Waals surface area contributed by atoms with Gasteiger partial charge in [-0.2, -0.15) is 0 Å². The molecule has 0 radical (unpaired) electrons. The average molecular weight is 247 g/mol. The molecule has 17 heavy (non-hydrogen) atoms. The fraction of sp³-hybridized carbons (Fsp3) is 0.818. The van der Waals surface area contributed by atoms with Gasteiger partial charge in [-0.15, -0.1) is 0 Å².